The SMILES string of the molecule is Cc1sc(CN)cc1S(=O)(=O)NCc1ccnn1C. The summed E-state index contributed by atoms with van der Waals surface area (Å²) in [5, 5.41) is 3.99. The minimum absolute atomic E-state index is 0.214. The van der Waals surface area contributed by atoms with Crippen LogP contribution in [0.4, 0.5) is 0 Å². The fourth-order valence-electron chi connectivity index (χ4n) is 1.71. The lowest BCUT2D eigenvalue weighted by molar-refractivity contribution is 0.577. The van der Waals surface area contributed by atoms with E-state index in [0.717, 1.165) is 15.4 Å². The van der Waals surface area contributed by atoms with E-state index in [9.17, 15) is 8.42 Å². The van der Waals surface area contributed by atoms with E-state index in [0.29, 0.717) is 11.4 Å². The molecule has 0 radical (unpaired) electrons. The lowest BCUT2D eigenvalue weighted by Gasteiger charge is -2.06. The molecule has 2 aromatic rings. The van der Waals surface area contributed by atoms with Gasteiger partial charge in [-0.05, 0) is 19.1 Å². The van der Waals surface area contributed by atoms with E-state index in [1.165, 1.54) is 11.3 Å². The summed E-state index contributed by atoms with van der Waals surface area (Å²) in [6, 6.07) is 3.40. The highest BCUT2D eigenvalue weighted by atomic mass is 32.2. The summed E-state index contributed by atoms with van der Waals surface area (Å²) in [6.07, 6.45) is 1.63. The van der Waals surface area contributed by atoms with Gasteiger partial charge < -0.3 is 5.73 Å². The zero-order valence-corrected chi connectivity index (χ0v) is 12.4. The topological polar surface area (TPSA) is 90.0 Å². The number of sulfonamides is 1. The molecule has 2 heterocycles. The van der Waals surface area contributed by atoms with Gasteiger partial charge in [0.15, 0.2) is 0 Å². The van der Waals surface area contributed by atoms with Crippen molar-refractivity contribution in [2.24, 2.45) is 12.8 Å². The number of aryl methyl sites for hydroxylation is 2. The van der Waals surface area contributed by atoms with Gasteiger partial charge in [0.2, 0.25) is 10.0 Å². The van der Waals surface area contributed by atoms with Gasteiger partial charge >= 0.3 is 0 Å². The second-order valence-electron chi connectivity index (χ2n) is 4.11. The zero-order valence-electron chi connectivity index (χ0n) is 10.8. The molecule has 0 aliphatic rings. The number of nitrogens with one attached hydrogen (secondary N) is 1. The molecule has 0 aliphatic heterocycles. The van der Waals surface area contributed by atoms with Crippen molar-refractivity contribution in [3.05, 3.63) is 33.8 Å². The number of aromatic nitrogens is 2. The highest BCUT2D eigenvalue weighted by molar-refractivity contribution is 7.89. The fourth-order valence-corrected chi connectivity index (χ4v) is 4.22. The summed E-state index contributed by atoms with van der Waals surface area (Å²) in [5.74, 6) is 0. The van der Waals surface area contributed by atoms with Crippen LogP contribution in [0.5, 0.6) is 0 Å². The van der Waals surface area contributed by atoms with Gasteiger partial charge in [-0.3, -0.25) is 4.68 Å². The van der Waals surface area contributed by atoms with Crippen molar-refractivity contribution in [1.82, 2.24) is 14.5 Å². The van der Waals surface area contributed by atoms with Crippen LogP contribution in [-0.2, 0) is 30.2 Å². The maximum Gasteiger partial charge on any atom is 0.242 e. The average molecular weight is 300 g/mol. The average Bonchev–Trinajstić information content (AvgIpc) is 2.93. The van der Waals surface area contributed by atoms with Crippen LogP contribution < -0.4 is 10.5 Å². The molecule has 8 heteroatoms. The number of hydrogen-bond donors (Lipinski definition) is 2. The molecule has 0 saturated carbocycles. The van der Waals surface area contributed by atoms with E-state index in [1.807, 2.05) is 0 Å². The molecule has 0 aromatic carbocycles. The molecule has 0 bridgehead atoms. The molecular weight excluding hydrogens is 284 g/mol. The summed E-state index contributed by atoms with van der Waals surface area (Å²) < 4.78 is 28.6. The summed E-state index contributed by atoms with van der Waals surface area (Å²) in [7, 11) is -1.74. The van der Waals surface area contributed by atoms with Crippen molar-refractivity contribution >= 4 is 21.4 Å². The Morgan fingerprint density at radius 2 is 2.26 bits per heavy atom. The first kappa shape index (κ1) is 14.2. The summed E-state index contributed by atoms with van der Waals surface area (Å²) >= 11 is 1.41. The van der Waals surface area contributed by atoms with Crippen LogP contribution in [0.25, 0.3) is 0 Å². The second-order valence-corrected chi connectivity index (χ2v) is 7.18. The Labute approximate surface area is 116 Å². The molecular formula is C11H16N4O2S2. The van der Waals surface area contributed by atoms with E-state index >= 15 is 0 Å². The highest BCUT2D eigenvalue weighted by Gasteiger charge is 2.19. The van der Waals surface area contributed by atoms with Gasteiger partial charge in [-0.25, -0.2) is 13.1 Å². The van der Waals surface area contributed by atoms with Gasteiger partial charge in [-0.1, -0.05) is 0 Å². The molecule has 0 aliphatic carbocycles. The van der Waals surface area contributed by atoms with E-state index in [4.69, 9.17) is 5.73 Å². The molecule has 6 nitrogen and oxygen atoms in total. The Morgan fingerprint density at radius 1 is 1.53 bits per heavy atom. The normalized spacial score (nSPS) is 11.9. The lowest BCUT2D eigenvalue weighted by Crippen LogP contribution is -2.24. The quantitative estimate of drug-likeness (QED) is 0.851. The predicted molar refractivity (Wildman–Crippen MR) is 74.2 cm³/mol. The minimum Gasteiger partial charge on any atom is -0.326 e. The molecule has 3 N–H and O–H groups in total. The van der Waals surface area contributed by atoms with Crippen molar-refractivity contribution in [3.63, 3.8) is 0 Å². The third-order valence-electron chi connectivity index (χ3n) is 2.78. The van der Waals surface area contributed by atoms with Crippen LogP contribution in [0.1, 0.15) is 15.4 Å². The van der Waals surface area contributed by atoms with Crippen LogP contribution in [0.3, 0.4) is 0 Å². The maximum absolute atomic E-state index is 12.2. The molecule has 0 atom stereocenters. The third-order valence-corrected chi connectivity index (χ3v) is 5.51. The van der Waals surface area contributed by atoms with Gasteiger partial charge in [0.1, 0.15) is 0 Å². The molecule has 0 unspecified atom stereocenters. The van der Waals surface area contributed by atoms with Gasteiger partial charge in [-0.15, -0.1) is 11.3 Å². The highest BCUT2D eigenvalue weighted by Crippen LogP contribution is 2.25. The molecule has 19 heavy (non-hydrogen) atoms. The molecule has 0 fully saturated rings. The Bertz CT molecular complexity index is 673. The maximum atomic E-state index is 12.2. The van der Waals surface area contributed by atoms with Crippen LogP contribution in [0, 0.1) is 6.92 Å². The number of nitrogens with two attached hydrogens (primary N) is 1. The number of hydrogen-bond acceptors (Lipinski definition) is 5. The van der Waals surface area contributed by atoms with Crippen molar-refractivity contribution < 1.29 is 8.42 Å². The lowest BCUT2D eigenvalue weighted by atomic mass is 10.4. The number of thiophene rings is 1. The van der Waals surface area contributed by atoms with Gasteiger partial charge in [0.25, 0.3) is 0 Å². The van der Waals surface area contributed by atoms with Crippen LogP contribution in [0.15, 0.2) is 23.2 Å². The van der Waals surface area contributed by atoms with Crippen LogP contribution in [0.2, 0.25) is 0 Å². The standard InChI is InChI=1S/C11H16N4O2S2/c1-8-11(5-10(6-12)18-8)19(16,17)14-7-9-3-4-13-15(9)2/h3-5,14H,6-7,12H2,1-2H3. The summed E-state index contributed by atoms with van der Waals surface area (Å²) in [5.41, 5.74) is 6.33. The summed E-state index contributed by atoms with van der Waals surface area (Å²) in [4.78, 5) is 1.91. The molecule has 104 valence electrons. The first-order chi connectivity index (χ1) is 8.94. The Hall–Kier alpha value is -1.22. The van der Waals surface area contributed by atoms with Crippen LogP contribution >= 0.6 is 11.3 Å². The third kappa shape index (κ3) is 3.03. The monoisotopic (exact) mass is 300 g/mol. The predicted octanol–water partition coefficient (Wildman–Crippen LogP) is 0.727. The molecule has 2 aromatic heterocycles. The first-order valence-corrected chi connectivity index (χ1v) is 8.00. The molecule has 0 saturated heterocycles. The van der Waals surface area contributed by atoms with E-state index < -0.39 is 10.0 Å². The van der Waals surface area contributed by atoms with Crippen molar-refractivity contribution in [2.75, 3.05) is 0 Å². The smallest absolute Gasteiger partial charge is 0.242 e. The van der Waals surface area contributed by atoms with Gasteiger partial charge in [0, 0.05) is 29.5 Å². The summed E-state index contributed by atoms with van der Waals surface area (Å²) in [6.45, 7) is 2.34. The van der Waals surface area contributed by atoms with E-state index in [-0.39, 0.29) is 6.54 Å². The van der Waals surface area contributed by atoms with E-state index in [2.05, 4.69) is 9.82 Å². The second kappa shape index (κ2) is 5.41. The van der Waals surface area contributed by atoms with Gasteiger partial charge in [-0.2, -0.15) is 5.10 Å². The minimum atomic E-state index is -3.51. The fraction of sp³-hybridized carbons (Fsp3) is 0.364. The Morgan fingerprint density at radius 3 is 2.79 bits per heavy atom. The van der Waals surface area contributed by atoms with Crippen molar-refractivity contribution in [1.29, 1.82) is 0 Å². The molecule has 0 amide bonds. The van der Waals surface area contributed by atoms with E-state index in [1.54, 1.807) is 37.0 Å². The number of rotatable bonds is 5. The Kier molecular flexibility index (Phi) is 4.04. The molecule has 2 rings (SSSR count). The van der Waals surface area contributed by atoms with Gasteiger partial charge in [0.05, 0.1) is 17.1 Å². The zero-order chi connectivity index (χ0) is 14.0. The first-order valence-electron chi connectivity index (χ1n) is 5.70. The molecule has 0 spiro atoms. The van der Waals surface area contributed by atoms with Crippen LogP contribution in [-0.4, -0.2) is 18.2 Å². The largest absolute Gasteiger partial charge is 0.326 e. The van der Waals surface area contributed by atoms with Crippen molar-refractivity contribution in [3.8, 4) is 0 Å². The van der Waals surface area contributed by atoms with Crippen molar-refractivity contribution in [2.45, 2.75) is 24.9 Å². The number of nitrogens with zero attached hydrogens (tertiary/aromatic N) is 2. The Balaban J connectivity index is 2.18.